The third kappa shape index (κ3) is 9.49. The Balaban J connectivity index is 1.59. The molecule has 0 aliphatic heterocycles. The number of ether oxygens (including phenoxy) is 3. The van der Waals surface area contributed by atoms with E-state index in [0.717, 1.165) is 22.3 Å². The Kier molecular flexibility index (Phi) is 11.4. The molecule has 7 heteroatoms. The van der Waals surface area contributed by atoms with Gasteiger partial charge in [0.05, 0.1) is 31.3 Å². The number of hydrogen-bond donors (Lipinski definition) is 0. The first-order chi connectivity index (χ1) is 19.9. The van der Waals surface area contributed by atoms with Gasteiger partial charge in [-0.1, -0.05) is 115 Å². The quantitative estimate of drug-likeness (QED) is 0.111. The fourth-order valence-electron chi connectivity index (χ4n) is 4.19. The molecular weight excluding hydrogens is 536 g/mol. The maximum absolute atomic E-state index is 13.1. The van der Waals surface area contributed by atoms with Crippen LogP contribution in [0.5, 0.6) is 0 Å². The molecule has 4 aromatic rings. The van der Waals surface area contributed by atoms with E-state index in [-0.39, 0.29) is 24.7 Å². The zero-order valence-electron chi connectivity index (χ0n) is 23.2. The summed E-state index contributed by atoms with van der Waals surface area (Å²) in [7, 11) is -4.05. The summed E-state index contributed by atoms with van der Waals surface area (Å²) in [5.41, 5.74) is 3.83. The van der Waals surface area contributed by atoms with Crippen LogP contribution in [0.25, 0.3) is 0 Å². The maximum Gasteiger partial charge on any atom is 0.297 e. The minimum atomic E-state index is -4.05. The molecule has 4 aromatic carbocycles. The molecule has 0 amide bonds. The van der Waals surface area contributed by atoms with Crippen molar-refractivity contribution in [1.29, 1.82) is 0 Å². The highest BCUT2D eigenvalue weighted by Crippen LogP contribution is 2.22. The average molecular weight is 573 g/mol. The van der Waals surface area contributed by atoms with Gasteiger partial charge in [0.15, 0.2) is 0 Å². The summed E-state index contributed by atoms with van der Waals surface area (Å²) in [6, 6.07) is 35.7. The van der Waals surface area contributed by atoms with Crippen LogP contribution >= 0.6 is 0 Å². The van der Waals surface area contributed by atoms with Crippen LogP contribution in [0.1, 0.15) is 22.3 Å². The van der Waals surface area contributed by atoms with Gasteiger partial charge in [-0.15, -0.1) is 6.58 Å². The summed E-state index contributed by atoms with van der Waals surface area (Å²) >= 11 is 0. The molecule has 0 spiro atoms. The van der Waals surface area contributed by atoms with E-state index in [1.54, 1.807) is 18.2 Å². The Morgan fingerprint density at radius 2 is 1.12 bits per heavy atom. The maximum atomic E-state index is 13.1. The lowest BCUT2D eigenvalue weighted by Gasteiger charge is -2.32. The van der Waals surface area contributed by atoms with Crippen molar-refractivity contribution < 1.29 is 26.8 Å². The van der Waals surface area contributed by atoms with E-state index in [1.165, 1.54) is 12.1 Å². The SMILES string of the molecule is C=C[C@@H](OCc1ccccc1)[C@H](OCc1ccccc1)[C@@H](COS(=O)(=O)c1ccc(C)cc1)OCc1ccccc1. The van der Waals surface area contributed by atoms with E-state index >= 15 is 0 Å². The van der Waals surface area contributed by atoms with Gasteiger partial charge in [-0.25, -0.2) is 0 Å². The van der Waals surface area contributed by atoms with Crippen molar-refractivity contribution in [2.45, 2.75) is 50.0 Å². The lowest BCUT2D eigenvalue weighted by molar-refractivity contribution is -0.146. The van der Waals surface area contributed by atoms with Crippen molar-refractivity contribution in [1.82, 2.24) is 0 Å². The fourth-order valence-corrected chi connectivity index (χ4v) is 5.11. The van der Waals surface area contributed by atoms with Gasteiger partial charge in [0.1, 0.15) is 18.3 Å². The molecule has 0 radical (unpaired) electrons. The first-order valence-corrected chi connectivity index (χ1v) is 14.9. The lowest BCUT2D eigenvalue weighted by Crippen LogP contribution is -2.44. The van der Waals surface area contributed by atoms with Crippen LogP contribution in [0.15, 0.2) is 133 Å². The third-order valence-corrected chi connectivity index (χ3v) is 7.79. The summed E-state index contributed by atoms with van der Waals surface area (Å²) in [6.07, 6.45) is -0.497. The highest BCUT2D eigenvalue weighted by molar-refractivity contribution is 7.86. The van der Waals surface area contributed by atoms with E-state index in [4.69, 9.17) is 18.4 Å². The van der Waals surface area contributed by atoms with E-state index in [0.29, 0.717) is 6.61 Å². The van der Waals surface area contributed by atoms with Crippen molar-refractivity contribution in [3.8, 4) is 0 Å². The number of hydrogen-bond acceptors (Lipinski definition) is 6. The molecule has 0 bridgehead atoms. The molecule has 41 heavy (non-hydrogen) atoms. The molecule has 0 N–H and O–H groups in total. The monoisotopic (exact) mass is 572 g/mol. The van der Waals surface area contributed by atoms with Crippen LogP contribution in [0.4, 0.5) is 0 Å². The molecule has 0 heterocycles. The summed E-state index contributed by atoms with van der Waals surface area (Å²) in [5.74, 6) is 0. The Bertz CT molecular complexity index is 1430. The van der Waals surface area contributed by atoms with Crippen molar-refractivity contribution in [3.63, 3.8) is 0 Å². The van der Waals surface area contributed by atoms with Gasteiger partial charge in [-0.3, -0.25) is 4.18 Å². The van der Waals surface area contributed by atoms with Gasteiger partial charge < -0.3 is 14.2 Å². The smallest absolute Gasteiger partial charge is 0.297 e. The van der Waals surface area contributed by atoms with E-state index < -0.39 is 28.4 Å². The van der Waals surface area contributed by atoms with E-state index in [9.17, 15) is 8.42 Å². The van der Waals surface area contributed by atoms with Gasteiger partial charge in [0.25, 0.3) is 10.1 Å². The standard InChI is InChI=1S/C34H36O6S/c1-3-32(37-23-28-13-7-4-8-14-28)34(39-25-30-17-11-6-12-18-30)33(38-24-29-15-9-5-10-16-29)26-40-41(35,36)31-21-19-27(2)20-22-31/h3-22,32-34H,1,23-26H2,2H3/t32-,33-,34+/m1/s1. The van der Waals surface area contributed by atoms with Crippen LogP contribution in [0.2, 0.25) is 0 Å². The molecule has 3 atom stereocenters. The normalized spacial score (nSPS) is 13.8. The first kappa shape index (κ1) is 30.4. The van der Waals surface area contributed by atoms with Crippen molar-refractivity contribution in [3.05, 3.63) is 150 Å². The second-order valence-corrected chi connectivity index (χ2v) is 11.3. The highest BCUT2D eigenvalue weighted by atomic mass is 32.2. The Hall–Kier alpha value is -3.59. The van der Waals surface area contributed by atoms with Crippen molar-refractivity contribution in [2.24, 2.45) is 0 Å². The minimum absolute atomic E-state index is 0.0762. The molecule has 0 fully saturated rings. The predicted octanol–water partition coefficient (Wildman–Crippen LogP) is 6.64. The molecule has 0 aliphatic carbocycles. The summed E-state index contributed by atoms with van der Waals surface area (Å²) in [4.78, 5) is 0.0762. The van der Waals surface area contributed by atoms with E-state index in [2.05, 4.69) is 6.58 Å². The molecular formula is C34H36O6S. The van der Waals surface area contributed by atoms with Gasteiger partial charge in [-0.05, 0) is 35.7 Å². The molecule has 0 aliphatic rings. The molecule has 4 rings (SSSR count). The van der Waals surface area contributed by atoms with E-state index in [1.807, 2.05) is 97.9 Å². The Morgan fingerprint density at radius 3 is 1.61 bits per heavy atom. The summed E-state index contributed by atoms with van der Waals surface area (Å²) in [5, 5.41) is 0. The molecule has 0 unspecified atom stereocenters. The van der Waals surface area contributed by atoms with Crippen molar-refractivity contribution in [2.75, 3.05) is 6.61 Å². The zero-order valence-corrected chi connectivity index (χ0v) is 24.0. The fraction of sp³-hybridized carbons (Fsp3) is 0.235. The van der Waals surface area contributed by atoms with Crippen molar-refractivity contribution >= 4 is 10.1 Å². The lowest BCUT2D eigenvalue weighted by atomic mass is 10.1. The van der Waals surface area contributed by atoms with Gasteiger partial charge >= 0.3 is 0 Å². The van der Waals surface area contributed by atoms with Crippen LogP contribution in [0.3, 0.4) is 0 Å². The van der Waals surface area contributed by atoms with Crippen LogP contribution in [-0.4, -0.2) is 33.3 Å². The zero-order chi connectivity index (χ0) is 28.9. The van der Waals surface area contributed by atoms with Crippen LogP contribution in [0, 0.1) is 6.92 Å². The molecule has 214 valence electrons. The predicted molar refractivity (Wildman–Crippen MR) is 160 cm³/mol. The Morgan fingerprint density at radius 1 is 0.659 bits per heavy atom. The number of rotatable bonds is 16. The summed E-state index contributed by atoms with van der Waals surface area (Å²) in [6.45, 7) is 6.42. The van der Waals surface area contributed by atoms with Crippen LogP contribution < -0.4 is 0 Å². The Labute approximate surface area is 243 Å². The topological polar surface area (TPSA) is 71.1 Å². The second kappa shape index (κ2) is 15.4. The molecule has 0 saturated heterocycles. The van der Waals surface area contributed by atoms with Gasteiger partial charge in [0, 0.05) is 0 Å². The van der Waals surface area contributed by atoms with Gasteiger partial charge in [-0.2, -0.15) is 8.42 Å². The first-order valence-electron chi connectivity index (χ1n) is 13.5. The molecule has 0 aromatic heterocycles. The third-order valence-electron chi connectivity index (χ3n) is 6.50. The highest BCUT2D eigenvalue weighted by Gasteiger charge is 2.33. The van der Waals surface area contributed by atoms with Gasteiger partial charge in [0.2, 0.25) is 0 Å². The molecule has 0 saturated carbocycles. The second-order valence-electron chi connectivity index (χ2n) is 9.64. The minimum Gasteiger partial charge on any atom is -0.368 e. The number of aryl methyl sites for hydroxylation is 1. The number of benzene rings is 4. The molecule has 6 nitrogen and oxygen atoms in total. The average Bonchev–Trinajstić information content (AvgIpc) is 3.01. The van der Waals surface area contributed by atoms with Crippen LogP contribution in [-0.2, 0) is 48.3 Å². The largest absolute Gasteiger partial charge is 0.368 e. The summed E-state index contributed by atoms with van der Waals surface area (Å²) < 4.78 is 50.8.